The minimum absolute atomic E-state index is 0.0283. The van der Waals surface area contributed by atoms with E-state index in [1.807, 2.05) is 143 Å². The average molecular weight is 1180 g/mol. The molecule has 2 saturated carbocycles. The van der Waals surface area contributed by atoms with Crippen molar-refractivity contribution in [2.45, 2.75) is 49.9 Å². The van der Waals surface area contributed by atoms with Crippen molar-refractivity contribution in [1.82, 2.24) is 38.2 Å². The van der Waals surface area contributed by atoms with Crippen LogP contribution in [0.4, 0.5) is 0 Å². The molecular weight excluding hydrogens is 1120 g/mol. The number of hydrogen-bond acceptors (Lipinski definition) is 9. The molecule has 13 rings (SSSR count). The number of halogens is 4. The van der Waals surface area contributed by atoms with Gasteiger partial charge in [0.25, 0.3) is 11.1 Å². The van der Waals surface area contributed by atoms with Gasteiger partial charge in [-0.2, -0.15) is 0 Å². The maximum absolute atomic E-state index is 13.6. The third-order valence-electron chi connectivity index (χ3n) is 15.8. The summed E-state index contributed by atoms with van der Waals surface area (Å²) in [5, 5.41) is 16.1. The minimum atomic E-state index is -1.57. The van der Waals surface area contributed by atoms with Crippen LogP contribution in [0.15, 0.2) is 198 Å². The summed E-state index contributed by atoms with van der Waals surface area (Å²) in [4.78, 5) is 49.7. The number of nitrogens with zero attached hydrogens (tertiary/aromatic N) is 9. The van der Waals surface area contributed by atoms with Gasteiger partial charge in [-0.05, 0) is 161 Å². The molecular formula is C66H55Cl4N9O4. The highest BCUT2D eigenvalue weighted by Gasteiger charge is 2.40. The van der Waals surface area contributed by atoms with Gasteiger partial charge in [0.15, 0.2) is 11.1 Å². The normalized spacial score (nSPS) is 14.8. The topological polar surface area (TPSA) is 147 Å². The number of fused-ring (bicyclic) bond motifs is 2. The fraction of sp³-hybridized carbons (Fsp3) is 0.197. The number of aliphatic hydroxyl groups is 1. The van der Waals surface area contributed by atoms with E-state index in [-0.39, 0.29) is 11.1 Å². The van der Waals surface area contributed by atoms with Gasteiger partial charge in [0.05, 0.1) is 54.6 Å². The van der Waals surface area contributed by atoms with Gasteiger partial charge in [-0.15, -0.1) is 0 Å². The van der Waals surface area contributed by atoms with E-state index in [2.05, 4.69) is 32.1 Å². The summed E-state index contributed by atoms with van der Waals surface area (Å²) in [6.07, 6.45) is 16.6. The van der Waals surface area contributed by atoms with Gasteiger partial charge in [-0.3, -0.25) is 14.6 Å². The minimum Gasteiger partial charge on any atom is -0.497 e. The van der Waals surface area contributed by atoms with Crippen LogP contribution in [0.25, 0.3) is 44.1 Å². The zero-order valence-corrected chi connectivity index (χ0v) is 48.5. The Morgan fingerprint density at radius 3 is 1.54 bits per heavy atom. The summed E-state index contributed by atoms with van der Waals surface area (Å²) >= 11 is 25.2. The highest BCUT2D eigenvalue weighted by Crippen LogP contribution is 2.44. The molecule has 1 N–H and O–H groups in total. The first-order valence-electron chi connectivity index (χ1n) is 27.2. The maximum atomic E-state index is 13.6. The van der Waals surface area contributed by atoms with Crippen LogP contribution < -0.4 is 15.9 Å². The molecule has 416 valence electrons. The maximum Gasteiger partial charge on any atom is 0.251 e. The second kappa shape index (κ2) is 22.9. The van der Waals surface area contributed by atoms with Crippen molar-refractivity contribution in [3.8, 4) is 28.0 Å². The number of ether oxygens (including phenoxy) is 1. The van der Waals surface area contributed by atoms with Gasteiger partial charge in [-0.25, -0.2) is 19.9 Å². The predicted molar refractivity (Wildman–Crippen MR) is 330 cm³/mol. The largest absolute Gasteiger partial charge is 0.497 e. The lowest BCUT2D eigenvalue weighted by molar-refractivity contribution is 0.117. The number of aromatic nitrogens is 8. The molecule has 0 saturated heterocycles. The number of methoxy groups -OCH3 is 1. The van der Waals surface area contributed by atoms with Crippen molar-refractivity contribution >= 4 is 74.4 Å². The molecule has 6 heterocycles. The molecule has 6 aromatic heterocycles. The lowest BCUT2D eigenvalue weighted by Crippen LogP contribution is -2.31. The number of pyridine rings is 4. The Balaban J connectivity index is 0.000000168. The van der Waals surface area contributed by atoms with Gasteiger partial charge in [0.2, 0.25) is 0 Å². The van der Waals surface area contributed by atoms with Gasteiger partial charge in [0, 0.05) is 89.9 Å². The molecule has 2 aliphatic carbocycles. The zero-order chi connectivity index (χ0) is 57.6. The van der Waals surface area contributed by atoms with E-state index in [9.17, 15) is 14.7 Å². The van der Waals surface area contributed by atoms with Crippen LogP contribution in [0, 0.1) is 11.8 Å². The molecule has 13 nitrogen and oxygen atoms in total. The molecule has 2 atom stereocenters. The van der Waals surface area contributed by atoms with E-state index >= 15 is 0 Å². The Labute approximate surface area is 498 Å². The van der Waals surface area contributed by atoms with Crippen molar-refractivity contribution in [3.05, 3.63) is 263 Å². The first-order chi connectivity index (χ1) is 40.2. The standard InChI is InChI=1S/C37H31Cl2N5O2.C29H24Cl2N4O2/c1-43-23-40-21-34(43)37(28-11-15-35(39)41-20-28,42-19-24-8-12-30(46-2)13-9-24)27-10-14-33-32(17-27)31(26-4-3-5-29(38)16-26)18-36(45)44(33)22-25-6-7-25;1-34-17-32-15-26(34)29(37,21-8-10-27(31)33-14-21)20-7-9-25-24(12-20)23(19-3-2-4-22(30)11-19)13-28(36)35(25)16-18-5-6-18/h3-5,8-21,23,25H,6-7,22H2,1-2H3;2-4,7-15,17-18,37H,5-6,16H2,1H3. The number of benzene rings is 5. The van der Waals surface area contributed by atoms with E-state index in [0.717, 1.165) is 97.9 Å². The molecule has 0 radical (unpaired) electrons. The van der Waals surface area contributed by atoms with E-state index < -0.39 is 11.1 Å². The number of aliphatic imine (C=N–C) groups is 1. The average Bonchev–Trinajstić information content (AvgIpc) is 3.10. The van der Waals surface area contributed by atoms with Crippen LogP contribution in [0.5, 0.6) is 5.75 Å². The molecule has 2 unspecified atom stereocenters. The fourth-order valence-corrected chi connectivity index (χ4v) is 11.7. The Hall–Kier alpha value is -8.17. The van der Waals surface area contributed by atoms with Crippen LogP contribution in [-0.4, -0.2) is 56.6 Å². The Bertz CT molecular complexity index is 4380. The smallest absolute Gasteiger partial charge is 0.251 e. The third kappa shape index (κ3) is 11.0. The monoisotopic (exact) mass is 1180 g/mol. The SMILES string of the molecule is COc1ccc(C=NC(c2ccc(Cl)nc2)(c2ccc3c(c2)c(-c2cccc(Cl)c2)cc(=O)n3CC2CC2)c2cncn2C)cc1.Cn1cncc1C(O)(c1ccc(Cl)nc1)c1ccc2c(c1)c(-c1cccc(Cl)c1)cc(=O)n2CC1CC1. The van der Waals surface area contributed by atoms with Gasteiger partial charge in [0.1, 0.15) is 16.1 Å². The fourth-order valence-electron chi connectivity index (χ4n) is 11.1. The first-order valence-corrected chi connectivity index (χ1v) is 28.7. The van der Waals surface area contributed by atoms with Gasteiger partial charge < -0.3 is 28.1 Å². The van der Waals surface area contributed by atoms with Crippen molar-refractivity contribution in [2.24, 2.45) is 30.9 Å². The summed E-state index contributed by atoms with van der Waals surface area (Å²) in [6, 6.07) is 45.4. The molecule has 5 aromatic carbocycles. The molecule has 0 aliphatic heterocycles. The molecule has 0 amide bonds. The van der Waals surface area contributed by atoms with E-state index in [0.29, 0.717) is 62.1 Å². The second-order valence-corrected chi connectivity index (χ2v) is 23.0. The van der Waals surface area contributed by atoms with Crippen molar-refractivity contribution < 1.29 is 9.84 Å². The quantitative estimate of drug-likeness (QED) is 0.0788. The Kier molecular flexibility index (Phi) is 15.3. The lowest BCUT2D eigenvalue weighted by atomic mass is 9.80. The van der Waals surface area contributed by atoms with Crippen molar-refractivity contribution in [2.75, 3.05) is 7.11 Å². The molecule has 0 bridgehead atoms. The molecule has 2 aliphatic rings. The number of rotatable bonds is 15. The van der Waals surface area contributed by atoms with Gasteiger partial charge in [-0.1, -0.05) is 94.9 Å². The van der Waals surface area contributed by atoms with Crippen LogP contribution in [-0.2, 0) is 38.3 Å². The Morgan fingerprint density at radius 1 is 0.578 bits per heavy atom. The molecule has 2 fully saturated rings. The summed E-state index contributed by atoms with van der Waals surface area (Å²) in [7, 11) is 5.43. The second-order valence-electron chi connectivity index (χ2n) is 21.4. The zero-order valence-electron chi connectivity index (χ0n) is 45.5. The van der Waals surface area contributed by atoms with Crippen molar-refractivity contribution in [3.63, 3.8) is 0 Å². The van der Waals surface area contributed by atoms with E-state index in [4.69, 9.17) is 56.1 Å². The molecule has 0 spiro atoms. The number of hydrogen-bond donors (Lipinski definition) is 1. The summed E-state index contributed by atoms with van der Waals surface area (Å²) in [6.45, 7) is 1.37. The Morgan fingerprint density at radius 2 is 1.07 bits per heavy atom. The number of aryl methyl sites for hydroxylation is 2. The summed E-state index contributed by atoms with van der Waals surface area (Å²) in [5.74, 6) is 1.79. The molecule has 17 heteroatoms. The lowest BCUT2D eigenvalue weighted by Gasteiger charge is -2.32. The van der Waals surface area contributed by atoms with E-state index in [1.165, 1.54) is 0 Å². The van der Waals surface area contributed by atoms with Crippen LogP contribution in [0.1, 0.15) is 64.9 Å². The third-order valence-corrected chi connectivity index (χ3v) is 16.7. The van der Waals surface area contributed by atoms with Gasteiger partial charge >= 0.3 is 0 Å². The van der Waals surface area contributed by atoms with Crippen LogP contribution in [0.2, 0.25) is 20.4 Å². The molecule has 11 aromatic rings. The summed E-state index contributed by atoms with van der Waals surface area (Å²) in [5.41, 5.74) is 7.38. The summed E-state index contributed by atoms with van der Waals surface area (Å²) < 4.78 is 12.9. The highest BCUT2D eigenvalue weighted by molar-refractivity contribution is 6.31. The van der Waals surface area contributed by atoms with Crippen LogP contribution >= 0.6 is 46.4 Å². The molecule has 83 heavy (non-hydrogen) atoms. The predicted octanol–water partition coefficient (Wildman–Crippen LogP) is 13.7. The van der Waals surface area contributed by atoms with Crippen LogP contribution in [0.3, 0.4) is 0 Å². The highest BCUT2D eigenvalue weighted by atomic mass is 35.5. The van der Waals surface area contributed by atoms with E-state index in [1.54, 1.807) is 73.3 Å². The van der Waals surface area contributed by atoms with Crippen molar-refractivity contribution in [1.29, 1.82) is 0 Å². The first kappa shape index (κ1) is 55.4. The number of imidazole rings is 2.